The Hall–Kier alpha value is -3.39. The van der Waals surface area contributed by atoms with Crippen molar-refractivity contribution in [2.45, 2.75) is 19.4 Å². The van der Waals surface area contributed by atoms with Crippen LogP contribution in [0.2, 0.25) is 0 Å². The molecular weight excluding hydrogens is 402 g/mol. The lowest BCUT2D eigenvalue weighted by atomic mass is 9.95. The zero-order valence-electron chi connectivity index (χ0n) is 16.6. The van der Waals surface area contributed by atoms with Crippen LogP contribution in [0.25, 0.3) is 0 Å². The first kappa shape index (κ1) is 19.9. The van der Waals surface area contributed by atoms with Crippen molar-refractivity contribution >= 4 is 27.3 Å². The SMILES string of the molecule is Cc1ccccc1[C@H]1CC(c2ccc(NS(C)(=O)=O)cc2)=NN1C(=O)c1ccco1. The maximum atomic E-state index is 13.0. The number of benzene rings is 2. The summed E-state index contributed by atoms with van der Waals surface area (Å²) in [7, 11) is -3.35. The smallest absolute Gasteiger partial charge is 0.310 e. The van der Waals surface area contributed by atoms with Crippen molar-refractivity contribution in [3.63, 3.8) is 0 Å². The van der Waals surface area contributed by atoms with Crippen LogP contribution in [-0.4, -0.2) is 31.3 Å². The van der Waals surface area contributed by atoms with E-state index in [9.17, 15) is 13.2 Å². The summed E-state index contributed by atoms with van der Waals surface area (Å²) in [6, 6.07) is 17.9. The van der Waals surface area contributed by atoms with Crippen LogP contribution in [0.4, 0.5) is 5.69 Å². The highest BCUT2D eigenvalue weighted by Gasteiger charge is 2.35. The molecule has 4 rings (SSSR count). The quantitative estimate of drug-likeness (QED) is 0.673. The van der Waals surface area contributed by atoms with Gasteiger partial charge in [-0.2, -0.15) is 5.10 Å². The molecule has 1 N–H and O–H groups in total. The molecule has 0 fully saturated rings. The molecule has 0 saturated heterocycles. The Morgan fingerprint density at radius 1 is 1.10 bits per heavy atom. The van der Waals surface area contributed by atoms with Gasteiger partial charge < -0.3 is 4.42 Å². The first-order chi connectivity index (χ1) is 14.3. The van der Waals surface area contributed by atoms with Crippen molar-refractivity contribution in [1.82, 2.24) is 5.01 Å². The Bertz CT molecular complexity index is 1200. The number of carbonyl (C=O) groups is 1. The van der Waals surface area contributed by atoms with Crippen LogP contribution in [-0.2, 0) is 10.0 Å². The molecule has 1 aliphatic rings. The van der Waals surface area contributed by atoms with Crippen LogP contribution >= 0.6 is 0 Å². The molecule has 0 bridgehead atoms. The monoisotopic (exact) mass is 423 g/mol. The molecular formula is C22H21N3O4S. The number of hydrogen-bond acceptors (Lipinski definition) is 5. The molecule has 2 heterocycles. The van der Waals surface area contributed by atoms with Gasteiger partial charge in [0.2, 0.25) is 10.0 Å². The minimum Gasteiger partial charge on any atom is -0.459 e. The highest BCUT2D eigenvalue weighted by atomic mass is 32.2. The lowest BCUT2D eigenvalue weighted by Crippen LogP contribution is -2.27. The number of sulfonamides is 1. The number of nitrogens with zero attached hydrogens (tertiary/aromatic N) is 2. The summed E-state index contributed by atoms with van der Waals surface area (Å²) in [6.07, 6.45) is 3.10. The van der Waals surface area contributed by atoms with E-state index in [1.165, 1.54) is 11.3 Å². The topological polar surface area (TPSA) is 92.0 Å². The molecule has 1 atom stereocenters. The lowest BCUT2D eigenvalue weighted by Gasteiger charge is -2.22. The predicted molar refractivity (Wildman–Crippen MR) is 115 cm³/mol. The van der Waals surface area contributed by atoms with Gasteiger partial charge in [0.1, 0.15) is 0 Å². The van der Waals surface area contributed by atoms with E-state index in [1.807, 2.05) is 31.2 Å². The van der Waals surface area contributed by atoms with Gasteiger partial charge in [-0.15, -0.1) is 0 Å². The molecule has 7 nitrogen and oxygen atoms in total. The zero-order valence-corrected chi connectivity index (χ0v) is 17.4. The second-order valence-electron chi connectivity index (χ2n) is 7.20. The third-order valence-electron chi connectivity index (χ3n) is 4.92. The molecule has 1 aromatic heterocycles. The molecule has 1 aliphatic heterocycles. The molecule has 1 amide bonds. The molecule has 2 aromatic carbocycles. The highest BCUT2D eigenvalue weighted by molar-refractivity contribution is 7.92. The zero-order chi connectivity index (χ0) is 21.3. The van der Waals surface area contributed by atoms with E-state index >= 15 is 0 Å². The van der Waals surface area contributed by atoms with Gasteiger partial charge in [-0.05, 0) is 47.9 Å². The van der Waals surface area contributed by atoms with Crippen molar-refractivity contribution in [3.05, 3.63) is 89.4 Å². The van der Waals surface area contributed by atoms with Crippen LogP contribution < -0.4 is 4.72 Å². The van der Waals surface area contributed by atoms with Gasteiger partial charge in [0.15, 0.2) is 5.76 Å². The van der Waals surface area contributed by atoms with Gasteiger partial charge in [-0.3, -0.25) is 9.52 Å². The number of amides is 1. The Morgan fingerprint density at radius 2 is 1.83 bits per heavy atom. The third-order valence-corrected chi connectivity index (χ3v) is 5.53. The van der Waals surface area contributed by atoms with Gasteiger partial charge in [0.25, 0.3) is 0 Å². The van der Waals surface area contributed by atoms with E-state index in [2.05, 4.69) is 9.82 Å². The molecule has 30 heavy (non-hydrogen) atoms. The normalized spacial score (nSPS) is 16.4. The number of carbonyl (C=O) groups excluding carboxylic acids is 1. The Kier molecular flexibility index (Phi) is 5.17. The van der Waals surface area contributed by atoms with Crippen LogP contribution in [0.5, 0.6) is 0 Å². The summed E-state index contributed by atoms with van der Waals surface area (Å²) < 4.78 is 30.6. The number of rotatable bonds is 5. The third kappa shape index (κ3) is 4.13. The average Bonchev–Trinajstić information content (AvgIpc) is 3.38. The molecule has 8 heteroatoms. The summed E-state index contributed by atoms with van der Waals surface area (Å²) in [5.74, 6) is -0.0788. The molecule has 0 radical (unpaired) electrons. The maximum Gasteiger partial charge on any atom is 0.310 e. The number of nitrogens with one attached hydrogen (secondary N) is 1. The highest BCUT2D eigenvalue weighted by Crippen LogP contribution is 2.35. The van der Waals surface area contributed by atoms with E-state index in [0.29, 0.717) is 12.1 Å². The minimum absolute atomic E-state index is 0.228. The minimum atomic E-state index is -3.35. The fraction of sp³-hybridized carbons (Fsp3) is 0.182. The Balaban J connectivity index is 1.68. The van der Waals surface area contributed by atoms with Gasteiger partial charge in [0, 0.05) is 12.1 Å². The van der Waals surface area contributed by atoms with Crippen LogP contribution in [0.1, 0.15) is 39.7 Å². The van der Waals surface area contributed by atoms with Gasteiger partial charge >= 0.3 is 5.91 Å². The number of aryl methyl sites for hydroxylation is 1. The summed E-state index contributed by atoms with van der Waals surface area (Å²) in [6.45, 7) is 2.01. The Morgan fingerprint density at radius 3 is 2.47 bits per heavy atom. The summed E-state index contributed by atoms with van der Waals surface area (Å²) in [5, 5.41) is 6.09. The Labute approximate surface area is 175 Å². The van der Waals surface area contributed by atoms with Crippen molar-refractivity contribution in [1.29, 1.82) is 0 Å². The van der Waals surface area contributed by atoms with Crippen LogP contribution in [0, 0.1) is 6.92 Å². The molecule has 154 valence electrons. The van der Waals surface area contributed by atoms with Crippen LogP contribution in [0.15, 0.2) is 76.4 Å². The standard InChI is InChI=1S/C22H21N3O4S/c1-15-6-3-4-7-18(15)20-14-19(23-25(20)22(26)21-8-5-13-29-21)16-9-11-17(12-10-16)24-30(2,27)28/h3-13,20,24H,14H2,1-2H3/t20-/m1/s1. The summed E-state index contributed by atoms with van der Waals surface area (Å²) in [4.78, 5) is 13.0. The second-order valence-corrected chi connectivity index (χ2v) is 8.95. The van der Waals surface area contributed by atoms with E-state index in [4.69, 9.17) is 4.42 Å². The summed E-state index contributed by atoms with van der Waals surface area (Å²) in [5.41, 5.74) is 4.13. The molecule has 0 unspecified atom stereocenters. The van der Waals surface area contributed by atoms with E-state index in [-0.39, 0.29) is 17.7 Å². The first-order valence-electron chi connectivity index (χ1n) is 9.40. The number of anilines is 1. The second kappa shape index (κ2) is 7.79. The number of furan rings is 1. The summed E-state index contributed by atoms with van der Waals surface area (Å²) >= 11 is 0. The van der Waals surface area contributed by atoms with Crippen LogP contribution in [0.3, 0.4) is 0 Å². The first-order valence-corrected chi connectivity index (χ1v) is 11.3. The molecule has 3 aromatic rings. The average molecular weight is 423 g/mol. The van der Waals surface area contributed by atoms with Crippen molar-refractivity contribution < 1.29 is 17.6 Å². The number of hydrogen-bond donors (Lipinski definition) is 1. The van der Waals surface area contributed by atoms with Gasteiger partial charge in [-0.1, -0.05) is 36.4 Å². The molecule has 0 aliphatic carbocycles. The largest absolute Gasteiger partial charge is 0.459 e. The van der Waals surface area contributed by atoms with E-state index < -0.39 is 10.0 Å². The van der Waals surface area contributed by atoms with Gasteiger partial charge in [0.05, 0.1) is 24.3 Å². The lowest BCUT2D eigenvalue weighted by molar-refractivity contribution is 0.0678. The van der Waals surface area contributed by atoms with Crippen molar-refractivity contribution in [3.8, 4) is 0 Å². The molecule has 0 spiro atoms. The fourth-order valence-electron chi connectivity index (χ4n) is 3.53. The van der Waals surface area contributed by atoms with Crippen molar-refractivity contribution in [2.24, 2.45) is 5.10 Å². The van der Waals surface area contributed by atoms with E-state index in [1.54, 1.807) is 36.4 Å². The predicted octanol–water partition coefficient (Wildman–Crippen LogP) is 3.95. The maximum absolute atomic E-state index is 13.0. The number of hydrazone groups is 1. The van der Waals surface area contributed by atoms with E-state index in [0.717, 1.165) is 28.7 Å². The van der Waals surface area contributed by atoms with Crippen molar-refractivity contribution in [2.75, 3.05) is 11.0 Å². The molecule has 0 saturated carbocycles. The van der Waals surface area contributed by atoms with Gasteiger partial charge in [-0.25, -0.2) is 13.4 Å². The fourth-order valence-corrected chi connectivity index (χ4v) is 4.10.